The molecular weight excluding hydrogens is 188 g/mol. The zero-order chi connectivity index (χ0) is 11.3. The number of nitrogens with one attached hydrogen (secondary N) is 1. The first-order valence-electron chi connectivity index (χ1n) is 5.48. The molecule has 0 aromatic carbocycles. The first-order chi connectivity index (χ1) is 7.09. The average Bonchev–Trinajstić information content (AvgIpc) is 2.26. The number of pyridine rings is 1. The molecule has 0 radical (unpaired) electrons. The lowest BCUT2D eigenvalue weighted by Crippen LogP contribution is -2.35. The van der Waals surface area contributed by atoms with Gasteiger partial charge in [0.05, 0.1) is 5.60 Å². The third-order valence-corrected chi connectivity index (χ3v) is 2.83. The summed E-state index contributed by atoms with van der Waals surface area (Å²) in [6.07, 6.45) is 3.30. The average molecular weight is 208 g/mol. The minimum atomic E-state index is -0.600. The molecule has 1 aromatic heterocycles. The largest absolute Gasteiger partial charge is 0.388 e. The molecule has 0 atom stereocenters. The Labute approximate surface area is 91.5 Å². The van der Waals surface area contributed by atoms with Gasteiger partial charge in [0.1, 0.15) is 0 Å². The fraction of sp³-hybridized carbons (Fsp3) is 0.583. The second-order valence-corrected chi connectivity index (χ2v) is 3.97. The lowest BCUT2D eigenvalue weighted by molar-refractivity contribution is 0.0457. The number of anilines is 1. The Balaban J connectivity index is 2.56. The van der Waals surface area contributed by atoms with Crippen LogP contribution in [-0.4, -0.2) is 22.2 Å². The van der Waals surface area contributed by atoms with Crippen LogP contribution in [0.3, 0.4) is 0 Å². The molecular formula is C12H20N2O. The van der Waals surface area contributed by atoms with Gasteiger partial charge in [-0.3, -0.25) is 4.98 Å². The number of hydrogen-bond donors (Lipinski definition) is 2. The maximum atomic E-state index is 10.1. The molecule has 0 bridgehead atoms. The Kier molecular flexibility index (Phi) is 4.09. The molecule has 0 fully saturated rings. The maximum absolute atomic E-state index is 10.1. The third-order valence-electron chi connectivity index (χ3n) is 2.83. The van der Waals surface area contributed by atoms with Gasteiger partial charge < -0.3 is 10.4 Å². The van der Waals surface area contributed by atoms with Gasteiger partial charge in [-0.2, -0.15) is 0 Å². The van der Waals surface area contributed by atoms with Crippen molar-refractivity contribution in [2.24, 2.45) is 0 Å². The van der Waals surface area contributed by atoms with E-state index in [4.69, 9.17) is 0 Å². The van der Waals surface area contributed by atoms with E-state index in [1.54, 1.807) is 6.20 Å². The molecule has 84 valence electrons. The van der Waals surface area contributed by atoms with Crippen molar-refractivity contribution < 1.29 is 5.11 Å². The summed E-state index contributed by atoms with van der Waals surface area (Å²) in [7, 11) is 0. The van der Waals surface area contributed by atoms with Gasteiger partial charge in [-0.15, -0.1) is 0 Å². The van der Waals surface area contributed by atoms with Crippen molar-refractivity contribution in [3.8, 4) is 0 Å². The number of aromatic nitrogens is 1. The number of rotatable bonds is 5. The number of nitrogens with zero attached hydrogens (tertiary/aromatic N) is 1. The Morgan fingerprint density at radius 2 is 2.07 bits per heavy atom. The lowest BCUT2D eigenvalue weighted by Gasteiger charge is -2.25. The predicted molar refractivity (Wildman–Crippen MR) is 63.0 cm³/mol. The summed E-state index contributed by atoms with van der Waals surface area (Å²) >= 11 is 0. The molecule has 0 amide bonds. The smallest absolute Gasteiger partial charge is 0.0814 e. The summed E-state index contributed by atoms with van der Waals surface area (Å²) in [5.41, 5.74) is 1.40. The van der Waals surface area contributed by atoms with Gasteiger partial charge in [0, 0.05) is 24.1 Å². The van der Waals surface area contributed by atoms with Crippen LogP contribution < -0.4 is 5.32 Å². The van der Waals surface area contributed by atoms with Crippen LogP contribution in [0.4, 0.5) is 5.69 Å². The second kappa shape index (κ2) is 5.12. The molecule has 0 saturated heterocycles. The van der Waals surface area contributed by atoms with Crippen molar-refractivity contribution >= 4 is 5.69 Å². The Hall–Kier alpha value is -1.09. The summed E-state index contributed by atoms with van der Waals surface area (Å²) in [5.74, 6) is 0. The summed E-state index contributed by atoms with van der Waals surface area (Å²) in [6.45, 7) is 6.55. The van der Waals surface area contributed by atoms with Gasteiger partial charge in [-0.05, 0) is 31.9 Å². The highest BCUT2D eigenvalue weighted by Gasteiger charge is 2.21. The molecule has 0 aliphatic carbocycles. The second-order valence-electron chi connectivity index (χ2n) is 3.97. The van der Waals surface area contributed by atoms with Crippen LogP contribution in [0.5, 0.6) is 0 Å². The van der Waals surface area contributed by atoms with E-state index < -0.39 is 5.60 Å². The zero-order valence-corrected chi connectivity index (χ0v) is 9.75. The minimum Gasteiger partial charge on any atom is -0.388 e. The van der Waals surface area contributed by atoms with Crippen molar-refractivity contribution in [3.05, 3.63) is 24.0 Å². The minimum absolute atomic E-state index is 0.587. The summed E-state index contributed by atoms with van der Waals surface area (Å²) < 4.78 is 0. The third kappa shape index (κ3) is 3.51. The topological polar surface area (TPSA) is 45.1 Å². The Bertz CT molecular complexity index is 308. The molecule has 1 aromatic rings. The Morgan fingerprint density at radius 3 is 2.60 bits per heavy atom. The molecule has 15 heavy (non-hydrogen) atoms. The quantitative estimate of drug-likeness (QED) is 0.780. The van der Waals surface area contributed by atoms with Crippen LogP contribution in [0.1, 0.15) is 32.4 Å². The van der Waals surface area contributed by atoms with Crippen LogP contribution in [-0.2, 0) is 0 Å². The first kappa shape index (κ1) is 12.0. The molecule has 2 N–H and O–H groups in total. The van der Waals surface area contributed by atoms with Gasteiger partial charge in [-0.25, -0.2) is 0 Å². The van der Waals surface area contributed by atoms with Crippen molar-refractivity contribution in [3.63, 3.8) is 0 Å². The lowest BCUT2D eigenvalue weighted by atomic mass is 9.97. The van der Waals surface area contributed by atoms with Gasteiger partial charge in [-0.1, -0.05) is 13.8 Å². The Morgan fingerprint density at radius 1 is 1.40 bits per heavy atom. The molecule has 0 aliphatic heterocycles. The van der Waals surface area contributed by atoms with Crippen LogP contribution >= 0.6 is 0 Å². The van der Waals surface area contributed by atoms with E-state index in [2.05, 4.69) is 10.3 Å². The first-order valence-corrected chi connectivity index (χ1v) is 5.48. The molecule has 0 unspecified atom stereocenters. The van der Waals surface area contributed by atoms with Crippen molar-refractivity contribution in [2.45, 2.75) is 39.2 Å². The van der Waals surface area contributed by atoms with E-state index in [0.29, 0.717) is 6.54 Å². The molecule has 3 nitrogen and oxygen atoms in total. The number of aryl methyl sites for hydroxylation is 1. The van der Waals surface area contributed by atoms with Crippen LogP contribution in [0.25, 0.3) is 0 Å². The van der Waals surface area contributed by atoms with Crippen molar-refractivity contribution in [2.75, 3.05) is 11.9 Å². The SMILES string of the molecule is CCC(O)(CC)CNc1ccnc(C)c1. The zero-order valence-electron chi connectivity index (χ0n) is 9.75. The van der Waals surface area contributed by atoms with E-state index in [0.717, 1.165) is 24.2 Å². The van der Waals surface area contributed by atoms with E-state index in [1.165, 1.54) is 0 Å². The molecule has 0 aliphatic rings. The highest BCUT2D eigenvalue weighted by molar-refractivity contribution is 5.43. The van der Waals surface area contributed by atoms with Gasteiger partial charge in [0.2, 0.25) is 0 Å². The summed E-state index contributed by atoms with van der Waals surface area (Å²) in [5, 5.41) is 13.3. The van der Waals surface area contributed by atoms with E-state index >= 15 is 0 Å². The van der Waals surface area contributed by atoms with Crippen molar-refractivity contribution in [1.29, 1.82) is 0 Å². The highest BCUT2D eigenvalue weighted by Crippen LogP contribution is 2.16. The van der Waals surface area contributed by atoms with Gasteiger partial charge >= 0.3 is 0 Å². The molecule has 0 spiro atoms. The van der Waals surface area contributed by atoms with Crippen molar-refractivity contribution in [1.82, 2.24) is 4.98 Å². The standard InChI is InChI=1S/C12H20N2O/c1-4-12(15,5-2)9-14-11-6-7-13-10(3)8-11/h6-8,15H,4-5,9H2,1-3H3,(H,13,14). The van der Waals surface area contributed by atoms with E-state index in [-0.39, 0.29) is 0 Å². The molecule has 1 rings (SSSR count). The van der Waals surface area contributed by atoms with Gasteiger partial charge in [0.15, 0.2) is 0 Å². The van der Waals surface area contributed by atoms with Crippen LogP contribution in [0.2, 0.25) is 0 Å². The van der Waals surface area contributed by atoms with Crippen LogP contribution in [0, 0.1) is 6.92 Å². The highest BCUT2D eigenvalue weighted by atomic mass is 16.3. The number of hydrogen-bond acceptors (Lipinski definition) is 3. The monoisotopic (exact) mass is 208 g/mol. The summed E-state index contributed by atoms with van der Waals surface area (Å²) in [6, 6.07) is 3.89. The molecule has 1 heterocycles. The normalized spacial score (nSPS) is 11.5. The summed E-state index contributed by atoms with van der Waals surface area (Å²) in [4.78, 5) is 4.12. The van der Waals surface area contributed by atoms with Gasteiger partial charge in [0.25, 0.3) is 0 Å². The van der Waals surface area contributed by atoms with Crippen LogP contribution in [0.15, 0.2) is 18.3 Å². The fourth-order valence-corrected chi connectivity index (χ4v) is 1.42. The molecule has 0 saturated carbocycles. The maximum Gasteiger partial charge on any atom is 0.0814 e. The van der Waals surface area contributed by atoms with E-state index in [1.807, 2.05) is 32.9 Å². The van der Waals surface area contributed by atoms with E-state index in [9.17, 15) is 5.11 Å². The molecule has 3 heteroatoms. The fourth-order valence-electron chi connectivity index (χ4n) is 1.42. The number of aliphatic hydroxyl groups is 1. The predicted octanol–water partition coefficient (Wildman–Crippen LogP) is 2.35.